The third kappa shape index (κ3) is 7.86. The number of rotatable bonds is 10. The Morgan fingerprint density at radius 1 is 1.08 bits per heavy atom. The summed E-state index contributed by atoms with van der Waals surface area (Å²) < 4.78 is 65.9. The molecular weight excluding hydrogens is 519 g/mol. The van der Waals surface area contributed by atoms with Gasteiger partial charge in [-0.25, -0.2) is 8.42 Å². The second-order valence-electron chi connectivity index (χ2n) is 8.53. The molecule has 0 heterocycles. The lowest BCUT2D eigenvalue weighted by Gasteiger charge is -2.33. The number of nitrogens with one attached hydrogen (secondary N) is 1. The molecule has 2 aromatic carbocycles. The fraction of sp³-hybridized carbons (Fsp3) is 0.417. The number of carbonyl (C=O) groups excluding carboxylic acids is 2. The summed E-state index contributed by atoms with van der Waals surface area (Å²) in [5, 5.41) is 2.15. The minimum Gasteiger partial charge on any atom is -0.352 e. The topological polar surface area (TPSA) is 86.8 Å². The van der Waals surface area contributed by atoms with Crippen LogP contribution < -0.4 is 9.62 Å². The van der Waals surface area contributed by atoms with Crippen LogP contribution in [0.3, 0.4) is 0 Å². The Labute approximate surface area is 214 Å². The minimum absolute atomic E-state index is 0.00425. The van der Waals surface area contributed by atoms with E-state index in [1.807, 2.05) is 0 Å². The molecule has 0 radical (unpaired) electrons. The van der Waals surface area contributed by atoms with Crippen LogP contribution in [0.1, 0.15) is 38.3 Å². The molecule has 0 unspecified atom stereocenters. The molecular formula is C24H29ClF3N3O4S. The van der Waals surface area contributed by atoms with Gasteiger partial charge < -0.3 is 10.2 Å². The van der Waals surface area contributed by atoms with Crippen LogP contribution in [0.5, 0.6) is 0 Å². The maximum Gasteiger partial charge on any atom is 0.417 e. The van der Waals surface area contributed by atoms with Crippen LogP contribution in [0, 0.1) is 0 Å². The van der Waals surface area contributed by atoms with Crippen molar-refractivity contribution in [3.63, 3.8) is 0 Å². The lowest BCUT2D eigenvalue weighted by atomic mass is 10.1. The third-order valence-electron chi connectivity index (χ3n) is 5.24. The predicted molar refractivity (Wildman–Crippen MR) is 133 cm³/mol. The van der Waals surface area contributed by atoms with Crippen LogP contribution >= 0.6 is 11.6 Å². The normalized spacial score (nSPS) is 12.8. The maximum absolute atomic E-state index is 13.5. The van der Waals surface area contributed by atoms with Gasteiger partial charge in [0.2, 0.25) is 21.8 Å². The van der Waals surface area contributed by atoms with E-state index in [-0.39, 0.29) is 24.7 Å². The van der Waals surface area contributed by atoms with Crippen molar-refractivity contribution in [2.75, 3.05) is 17.1 Å². The van der Waals surface area contributed by atoms with Crippen molar-refractivity contribution >= 4 is 39.1 Å². The molecule has 0 aliphatic rings. The number of hydrogen-bond acceptors (Lipinski definition) is 4. The molecule has 0 saturated carbocycles. The van der Waals surface area contributed by atoms with Crippen molar-refractivity contribution in [1.29, 1.82) is 0 Å². The number of anilines is 1. The van der Waals surface area contributed by atoms with Gasteiger partial charge in [0.05, 0.1) is 22.5 Å². The lowest BCUT2D eigenvalue weighted by Crippen LogP contribution is -2.53. The van der Waals surface area contributed by atoms with Crippen LogP contribution in [0.15, 0.2) is 48.5 Å². The molecule has 0 aliphatic carbocycles. The van der Waals surface area contributed by atoms with E-state index < -0.39 is 51.2 Å². The summed E-state index contributed by atoms with van der Waals surface area (Å²) in [6, 6.07) is 10.2. The highest BCUT2D eigenvalue weighted by Crippen LogP contribution is 2.37. The predicted octanol–water partition coefficient (Wildman–Crippen LogP) is 4.46. The van der Waals surface area contributed by atoms with Gasteiger partial charge in [0.25, 0.3) is 0 Å². The van der Waals surface area contributed by atoms with Crippen molar-refractivity contribution in [2.45, 2.75) is 52.0 Å². The molecule has 12 heteroatoms. The molecule has 0 saturated heterocycles. The molecule has 7 nitrogen and oxygen atoms in total. The zero-order valence-electron chi connectivity index (χ0n) is 20.3. The van der Waals surface area contributed by atoms with E-state index in [0.717, 1.165) is 18.4 Å². The van der Waals surface area contributed by atoms with Crippen LogP contribution in [0.2, 0.25) is 5.02 Å². The van der Waals surface area contributed by atoms with E-state index in [9.17, 15) is 31.2 Å². The molecule has 2 aromatic rings. The molecule has 0 bridgehead atoms. The summed E-state index contributed by atoms with van der Waals surface area (Å²) in [5.41, 5.74) is -0.910. The number of hydrogen-bond donors (Lipinski definition) is 1. The Bertz CT molecular complexity index is 1170. The number of sulfonamides is 1. The average Bonchev–Trinajstić information content (AvgIpc) is 2.76. The van der Waals surface area contributed by atoms with Gasteiger partial charge in [0.15, 0.2) is 0 Å². The quantitative estimate of drug-likeness (QED) is 0.476. The van der Waals surface area contributed by atoms with E-state index >= 15 is 0 Å². The Balaban J connectivity index is 2.50. The van der Waals surface area contributed by atoms with E-state index in [1.54, 1.807) is 51.1 Å². The Kier molecular flexibility index (Phi) is 9.78. The number of amides is 2. The van der Waals surface area contributed by atoms with Crippen molar-refractivity contribution in [1.82, 2.24) is 10.2 Å². The number of nitrogens with zero attached hydrogens (tertiary/aromatic N) is 2. The van der Waals surface area contributed by atoms with E-state index in [0.29, 0.717) is 15.9 Å². The molecule has 0 aliphatic heterocycles. The van der Waals surface area contributed by atoms with Gasteiger partial charge in [0, 0.05) is 12.6 Å². The minimum atomic E-state index is -4.83. The first-order chi connectivity index (χ1) is 16.6. The Hall–Kier alpha value is -2.79. The second-order valence-corrected chi connectivity index (χ2v) is 10.8. The summed E-state index contributed by atoms with van der Waals surface area (Å²) in [4.78, 5) is 27.6. The molecule has 2 amide bonds. The summed E-state index contributed by atoms with van der Waals surface area (Å²) >= 11 is 5.68. The standard InChI is InChI=1S/C24H29ClF3N3O4S/c1-5-21(23(33)29-16(2)3)30(14-17-9-7-6-8-10-17)22(32)15-31(36(4,34)35)18-11-12-20(25)19(13-18)24(26,27)28/h6-13,16,21H,5,14-15H2,1-4H3,(H,29,33)/t21-/m0/s1. The van der Waals surface area contributed by atoms with Crippen LogP contribution in [0.25, 0.3) is 0 Å². The molecule has 36 heavy (non-hydrogen) atoms. The molecule has 198 valence electrons. The zero-order chi connectivity index (χ0) is 27.3. The Morgan fingerprint density at radius 3 is 2.19 bits per heavy atom. The van der Waals surface area contributed by atoms with Gasteiger partial charge in [-0.15, -0.1) is 0 Å². The fourth-order valence-electron chi connectivity index (χ4n) is 3.58. The molecule has 0 fully saturated rings. The summed E-state index contributed by atoms with van der Waals surface area (Å²) in [6.45, 7) is 4.42. The molecule has 1 N–H and O–H groups in total. The van der Waals surface area contributed by atoms with Crippen molar-refractivity contribution in [3.05, 3.63) is 64.7 Å². The molecule has 0 spiro atoms. The third-order valence-corrected chi connectivity index (χ3v) is 6.71. The zero-order valence-corrected chi connectivity index (χ0v) is 21.9. The van der Waals surface area contributed by atoms with E-state index in [2.05, 4.69) is 5.32 Å². The maximum atomic E-state index is 13.5. The van der Waals surface area contributed by atoms with Crippen molar-refractivity contribution in [3.8, 4) is 0 Å². The number of halogens is 4. The monoisotopic (exact) mass is 547 g/mol. The summed E-state index contributed by atoms with van der Waals surface area (Å²) in [5.74, 6) is -1.17. The second kappa shape index (κ2) is 12.0. The van der Waals surface area contributed by atoms with Crippen LogP contribution in [-0.2, 0) is 32.3 Å². The average molecular weight is 548 g/mol. The van der Waals surface area contributed by atoms with Crippen molar-refractivity contribution in [2.24, 2.45) is 0 Å². The highest BCUT2D eigenvalue weighted by atomic mass is 35.5. The molecule has 2 rings (SSSR count). The van der Waals surface area contributed by atoms with Gasteiger partial charge >= 0.3 is 6.18 Å². The fourth-order valence-corrected chi connectivity index (χ4v) is 4.65. The SMILES string of the molecule is CC[C@@H](C(=O)NC(C)C)N(Cc1ccccc1)C(=O)CN(c1ccc(Cl)c(C(F)(F)F)c1)S(C)(=O)=O. The molecule has 0 aromatic heterocycles. The van der Waals surface area contributed by atoms with Gasteiger partial charge in [0.1, 0.15) is 12.6 Å². The first-order valence-corrected chi connectivity index (χ1v) is 13.4. The van der Waals surface area contributed by atoms with Gasteiger partial charge in [-0.05, 0) is 44.0 Å². The Morgan fingerprint density at radius 2 is 1.69 bits per heavy atom. The van der Waals surface area contributed by atoms with Crippen LogP contribution in [0.4, 0.5) is 18.9 Å². The number of benzene rings is 2. The summed E-state index contributed by atoms with van der Waals surface area (Å²) in [7, 11) is -4.19. The summed E-state index contributed by atoms with van der Waals surface area (Å²) in [6.07, 6.45) is -3.82. The number of alkyl halides is 3. The molecule has 1 atom stereocenters. The van der Waals surface area contributed by atoms with Gasteiger partial charge in [-0.2, -0.15) is 13.2 Å². The largest absolute Gasteiger partial charge is 0.417 e. The first kappa shape index (κ1) is 29.4. The highest BCUT2D eigenvalue weighted by molar-refractivity contribution is 7.92. The van der Waals surface area contributed by atoms with E-state index in [1.165, 1.54) is 4.90 Å². The van der Waals surface area contributed by atoms with Crippen LogP contribution in [-0.4, -0.2) is 50.0 Å². The van der Waals surface area contributed by atoms with Gasteiger partial charge in [-0.1, -0.05) is 48.9 Å². The van der Waals surface area contributed by atoms with Gasteiger partial charge in [-0.3, -0.25) is 13.9 Å². The highest BCUT2D eigenvalue weighted by Gasteiger charge is 2.36. The first-order valence-electron chi connectivity index (χ1n) is 11.1. The lowest BCUT2D eigenvalue weighted by molar-refractivity contribution is -0.140. The number of carbonyl (C=O) groups is 2. The van der Waals surface area contributed by atoms with E-state index in [4.69, 9.17) is 11.6 Å². The van der Waals surface area contributed by atoms with Crippen molar-refractivity contribution < 1.29 is 31.2 Å². The smallest absolute Gasteiger partial charge is 0.352 e.